The highest BCUT2D eigenvalue weighted by Gasteiger charge is 2.19. The van der Waals surface area contributed by atoms with Gasteiger partial charge in [0, 0.05) is 5.92 Å². The Morgan fingerprint density at radius 2 is 1.50 bits per heavy atom. The zero-order chi connectivity index (χ0) is 16.1. The van der Waals surface area contributed by atoms with Crippen LogP contribution in [0.5, 0.6) is 0 Å². The summed E-state index contributed by atoms with van der Waals surface area (Å²) in [7, 11) is 0. The van der Waals surface area contributed by atoms with E-state index in [1.807, 2.05) is 0 Å². The van der Waals surface area contributed by atoms with Crippen LogP contribution >= 0.6 is 22.7 Å². The van der Waals surface area contributed by atoms with Gasteiger partial charge in [0.2, 0.25) is 10.3 Å². The van der Waals surface area contributed by atoms with Gasteiger partial charge in [0.25, 0.3) is 0 Å². The molecule has 2 aromatic rings. The summed E-state index contributed by atoms with van der Waals surface area (Å²) in [5, 5.41) is 22.4. The van der Waals surface area contributed by atoms with Crippen LogP contribution in [0.3, 0.4) is 0 Å². The molecule has 2 amide bonds. The number of hydrogen-bond acceptors (Lipinski definition) is 8. The van der Waals surface area contributed by atoms with Gasteiger partial charge in [-0.25, -0.2) is 0 Å². The van der Waals surface area contributed by atoms with Crippen molar-refractivity contribution >= 4 is 44.8 Å². The lowest BCUT2D eigenvalue weighted by molar-refractivity contribution is -0.133. The predicted molar refractivity (Wildman–Crippen MR) is 85.1 cm³/mol. The van der Waals surface area contributed by atoms with Crippen LogP contribution in [-0.4, -0.2) is 32.2 Å². The number of anilines is 2. The Morgan fingerprint density at radius 1 is 0.955 bits per heavy atom. The number of carbonyl (C=O) groups is 2. The average molecular weight is 340 g/mol. The number of aryl methyl sites for hydroxylation is 1. The topological polar surface area (TPSA) is 110 Å². The van der Waals surface area contributed by atoms with Gasteiger partial charge >= 0.3 is 11.8 Å². The van der Waals surface area contributed by atoms with E-state index in [2.05, 4.69) is 44.9 Å². The van der Waals surface area contributed by atoms with Crippen molar-refractivity contribution in [3.05, 3.63) is 10.0 Å². The van der Waals surface area contributed by atoms with Gasteiger partial charge < -0.3 is 0 Å². The molecule has 0 aliphatic heterocycles. The van der Waals surface area contributed by atoms with E-state index in [0.29, 0.717) is 16.1 Å². The van der Waals surface area contributed by atoms with Crippen molar-refractivity contribution in [3.63, 3.8) is 0 Å². The fourth-order valence-corrected chi connectivity index (χ4v) is 3.33. The molecular weight excluding hydrogens is 324 g/mol. The first-order valence-electron chi connectivity index (χ1n) is 6.79. The Hall–Kier alpha value is -1.94. The van der Waals surface area contributed by atoms with Gasteiger partial charge in [-0.05, 0) is 19.8 Å². The van der Waals surface area contributed by atoms with Crippen molar-refractivity contribution in [2.45, 2.75) is 39.5 Å². The third-order valence-electron chi connectivity index (χ3n) is 2.95. The van der Waals surface area contributed by atoms with Crippen molar-refractivity contribution in [3.8, 4) is 0 Å². The normalized spacial score (nSPS) is 10.7. The lowest BCUT2D eigenvalue weighted by atomic mass is 10.1. The van der Waals surface area contributed by atoms with E-state index in [1.165, 1.54) is 22.7 Å². The number of carbonyl (C=O) groups excluding carboxylic acids is 2. The maximum atomic E-state index is 11.8. The third-order valence-corrected chi connectivity index (χ3v) is 4.70. The maximum Gasteiger partial charge on any atom is 0.315 e. The minimum atomic E-state index is -0.810. The fourth-order valence-electron chi connectivity index (χ4n) is 1.74. The van der Waals surface area contributed by atoms with Gasteiger partial charge in [0.15, 0.2) is 0 Å². The van der Waals surface area contributed by atoms with E-state index in [9.17, 15) is 9.59 Å². The number of nitrogens with zero attached hydrogens (tertiary/aromatic N) is 4. The van der Waals surface area contributed by atoms with Crippen LogP contribution in [0.15, 0.2) is 0 Å². The molecule has 0 saturated carbocycles. The molecule has 118 valence electrons. The van der Waals surface area contributed by atoms with Crippen molar-refractivity contribution in [1.29, 1.82) is 0 Å². The van der Waals surface area contributed by atoms with E-state index < -0.39 is 11.8 Å². The van der Waals surface area contributed by atoms with E-state index in [4.69, 9.17) is 0 Å². The molecule has 0 unspecified atom stereocenters. The Morgan fingerprint density at radius 3 is 2.00 bits per heavy atom. The quantitative estimate of drug-likeness (QED) is 0.807. The van der Waals surface area contributed by atoms with E-state index >= 15 is 0 Å². The molecule has 2 aromatic heterocycles. The Kier molecular flexibility index (Phi) is 5.50. The van der Waals surface area contributed by atoms with Crippen LogP contribution in [0.25, 0.3) is 0 Å². The minimum Gasteiger partial charge on any atom is -0.292 e. The van der Waals surface area contributed by atoms with Crippen LogP contribution < -0.4 is 10.6 Å². The van der Waals surface area contributed by atoms with Crippen LogP contribution in [0.2, 0.25) is 0 Å². The number of hydrogen-bond donors (Lipinski definition) is 2. The van der Waals surface area contributed by atoms with E-state index in [1.54, 1.807) is 6.92 Å². The average Bonchev–Trinajstić information content (AvgIpc) is 3.10. The summed E-state index contributed by atoms with van der Waals surface area (Å²) in [5.74, 6) is -1.29. The standard InChI is InChI=1S/C12H16N6O2S2/c1-4-7(5-2)10-16-18-12(22-10)14-9(20)8(19)13-11-17-15-6(3)21-11/h7H,4-5H2,1-3H3,(H,13,17,19)(H,14,18,20). The van der Waals surface area contributed by atoms with Gasteiger partial charge in [-0.2, -0.15) is 0 Å². The van der Waals surface area contributed by atoms with E-state index in [0.717, 1.165) is 17.8 Å². The number of amides is 2. The molecule has 8 nitrogen and oxygen atoms in total. The predicted octanol–water partition coefficient (Wildman–Crippen LogP) is 2.18. The largest absolute Gasteiger partial charge is 0.315 e. The summed E-state index contributed by atoms with van der Waals surface area (Å²) in [6.07, 6.45) is 1.91. The highest BCUT2D eigenvalue weighted by Crippen LogP contribution is 2.28. The van der Waals surface area contributed by atoms with Crippen LogP contribution in [-0.2, 0) is 9.59 Å². The molecule has 0 aliphatic rings. The van der Waals surface area contributed by atoms with Crippen molar-refractivity contribution < 1.29 is 9.59 Å². The lowest BCUT2D eigenvalue weighted by Gasteiger charge is -2.05. The molecule has 0 atom stereocenters. The Labute approximate surface area is 135 Å². The minimum absolute atomic E-state index is 0.285. The molecule has 0 spiro atoms. The first-order chi connectivity index (χ1) is 10.5. The molecule has 10 heteroatoms. The smallest absolute Gasteiger partial charge is 0.292 e. The van der Waals surface area contributed by atoms with Crippen molar-refractivity contribution in [1.82, 2.24) is 20.4 Å². The summed E-state index contributed by atoms with van der Waals surface area (Å²) in [5.41, 5.74) is 0. The molecule has 2 N–H and O–H groups in total. The molecule has 0 radical (unpaired) electrons. The first-order valence-corrected chi connectivity index (χ1v) is 8.42. The first kappa shape index (κ1) is 16.4. The van der Waals surface area contributed by atoms with Crippen LogP contribution in [0.1, 0.15) is 42.6 Å². The summed E-state index contributed by atoms with van der Waals surface area (Å²) in [6, 6.07) is 0. The van der Waals surface area contributed by atoms with Crippen LogP contribution in [0.4, 0.5) is 10.3 Å². The molecule has 0 saturated heterocycles. The second-order valence-corrected chi connectivity index (χ2v) is 6.68. The van der Waals surface area contributed by atoms with Crippen molar-refractivity contribution in [2.75, 3.05) is 10.6 Å². The summed E-state index contributed by atoms with van der Waals surface area (Å²) in [4.78, 5) is 23.6. The second kappa shape index (κ2) is 7.36. The van der Waals surface area contributed by atoms with Gasteiger partial charge in [0.05, 0.1) is 0 Å². The highest BCUT2D eigenvalue weighted by molar-refractivity contribution is 7.16. The number of nitrogens with one attached hydrogen (secondary N) is 2. The van der Waals surface area contributed by atoms with Crippen LogP contribution in [0, 0.1) is 6.92 Å². The molecule has 2 heterocycles. The monoisotopic (exact) mass is 340 g/mol. The number of rotatable bonds is 5. The SMILES string of the molecule is CCC(CC)c1nnc(NC(=O)C(=O)Nc2nnc(C)s2)s1. The number of aromatic nitrogens is 4. The molecule has 0 aliphatic carbocycles. The molecular formula is C12H16N6O2S2. The fraction of sp³-hybridized carbons (Fsp3) is 0.500. The molecule has 0 fully saturated rings. The third kappa shape index (κ3) is 4.04. The summed E-state index contributed by atoms with van der Waals surface area (Å²) in [6.45, 7) is 5.91. The lowest BCUT2D eigenvalue weighted by Crippen LogP contribution is -2.29. The Balaban J connectivity index is 1.95. The molecule has 22 heavy (non-hydrogen) atoms. The van der Waals surface area contributed by atoms with Gasteiger partial charge in [-0.3, -0.25) is 20.2 Å². The van der Waals surface area contributed by atoms with Gasteiger partial charge in [-0.1, -0.05) is 36.5 Å². The summed E-state index contributed by atoms with van der Waals surface area (Å²) >= 11 is 2.48. The van der Waals surface area contributed by atoms with Gasteiger partial charge in [-0.15, -0.1) is 20.4 Å². The van der Waals surface area contributed by atoms with Gasteiger partial charge in [0.1, 0.15) is 10.0 Å². The summed E-state index contributed by atoms with van der Waals surface area (Å²) < 4.78 is 0. The molecule has 0 aromatic carbocycles. The van der Waals surface area contributed by atoms with E-state index in [-0.39, 0.29) is 5.13 Å². The van der Waals surface area contributed by atoms with Crippen molar-refractivity contribution in [2.24, 2.45) is 0 Å². The molecule has 0 bridgehead atoms. The second-order valence-electron chi connectivity index (χ2n) is 4.49. The maximum absolute atomic E-state index is 11.8. The zero-order valence-corrected chi connectivity index (χ0v) is 14.0. The highest BCUT2D eigenvalue weighted by atomic mass is 32.1. The zero-order valence-electron chi connectivity index (χ0n) is 12.4. The molecule has 2 rings (SSSR count). The Bertz CT molecular complexity index is 664.